The molecule has 0 saturated carbocycles. The summed E-state index contributed by atoms with van der Waals surface area (Å²) >= 11 is 6.78. The van der Waals surface area contributed by atoms with Gasteiger partial charge in [-0.1, -0.05) is 28.9 Å². The zero-order chi connectivity index (χ0) is 21.0. The summed E-state index contributed by atoms with van der Waals surface area (Å²) in [5, 5.41) is 0. The van der Waals surface area contributed by atoms with E-state index in [1.165, 1.54) is 7.11 Å². The number of carbonyl (C=O) groups is 2. The Bertz CT molecular complexity index is 1030. The molecule has 2 aromatic carbocycles. The highest BCUT2D eigenvalue weighted by Gasteiger charge is 2.25. The number of nitrogens with zero attached hydrogens (tertiary/aromatic N) is 1. The molecule has 3 rings (SSSR count). The summed E-state index contributed by atoms with van der Waals surface area (Å²) in [5.74, 6) is -0.00823. The first-order valence-corrected chi connectivity index (χ1v) is 10.4. The second kappa shape index (κ2) is 9.37. The number of carbonyl (C=O) groups excluding carboxylic acids is 2. The molecule has 1 aliphatic heterocycles. The molecule has 0 radical (unpaired) electrons. The van der Waals surface area contributed by atoms with Gasteiger partial charge in [0.2, 0.25) is 5.90 Å². The van der Waals surface area contributed by atoms with E-state index in [1.54, 1.807) is 24.3 Å². The minimum atomic E-state index is -0.548. The van der Waals surface area contributed by atoms with Crippen molar-refractivity contribution in [2.75, 3.05) is 7.11 Å². The number of methoxy groups -OCH3 is 1. The number of hydrogen-bond acceptors (Lipinski definition) is 6. The molecular formula is C21H17Br2NO5. The van der Waals surface area contributed by atoms with Crippen LogP contribution in [0, 0.1) is 0 Å². The largest absolute Gasteiger partial charge is 0.493 e. The maximum Gasteiger partial charge on any atom is 0.363 e. The molecule has 0 aromatic heterocycles. The van der Waals surface area contributed by atoms with Gasteiger partial charge in [-0.15, -0.1) is 0 Å². The lowest BCUT2D eigenvalue weighted by molar-refractivity contribution is -0.134. The molecule has 6 nitrogen and oxygen atoms in total. The van der Waals surface area contributed by atoms with Gasteiger partial charge in [0.15, 0.2) is 17.2 Å². The molecule has 0 fully saturated rings. The van der Waals surface area contributed by atoms with E-state index < -0.39 is 5.97 Å². The Morgan fingerprint density at radius 1 is 1.24 bits per heavy atom. The highest BCUT2D eigenvalue weighted by Crippen LogP contribution is 2.38. The van der Waals surface area contributed by atoms with Crippen molar-refractivity contribution >= 4 is 55.8 Å². The molecule has 0 atom stereocenters. The van der Waals surface area contributed by atoms with Gasteiger partial charge in [-0.2, -0.15) is 0 Å². The first-order valence-electron chi connectivity index (χ1n) is 8.78. The summed E-state index contributed by atoms with van der Waals surface area (Å²) in [6, 6.07) is 10.7. The van der Waals surface area contributed by atoms with Crippen molar-refractivity contribution in [3.05, 3.63) is 62.2 Å². The molecular weight excluding hydrogens is 506 g/mol. The number of hydrogen-bond donors (Lipinski definition) is 0. The van der Waals surface area contributed by atoms with Crippen molar-refractivity contribution in [2.45, 2.75) is 19.8 Å². The fourth-order valence-corrected chi connectivity index (χ4v) is 3.54. The van der Waals surface area contributed by atoms with Crippen molar-refractivity contribution < 1.29 is 23.8 Å². The Kier molecular flexibility index (Phi) is 6.87. The van der Waals surface area contributed by atoms with Crippen molar-refractivity contribution in [1.82, 2.24) is 0 Å². The Morgan fingerprint density at radius 3 is 2.72 bits per heavy atom. The standard InChI is InChI=1S/C21H17Br2NO5/c1-3-5-18(25)28-19-15(23)8-12(10-17(19)27-2)9-16-21(26)29-20(24-16)13-6-4-7-14(22)11-13/h4,6-11H,3,5H2,1-2H3/b16-9-. The van der Waals surface area contributed by atoms with Crippen molar-refractivity contribution in [3.8, 4) is 11.5 Å². The molecule has 1 aliphatic rings. The van der Waals surface area contributed by atoms with Crippen molar-refractivity contribution in [3.63, 3.8) is 0 Å². The second-order valence-corrected chi connectivity index (χ2v) is 7.87. The van der Waals surface area contributed by atoms with Gasteiger partial charge in [-0.3, -0.25) is 4.79 Å². The summed E-state index contributed by atoms with van der Waals surface area (Å²) in [5.41, 5.74) is 1.48. The van der Waals surface area contributed by atoms with E-state index in [2.05, 4.69) is 36.9 Å². The molecule has 0 N–H and O–H groups in total. The van der Waals surface area contributed by atoms with Crippen LogP contribution in [0.2, 0.25) is 0 Å². The molecule has 0 bridgehead atoms. The number of aliphatic imine (C=N–C) groups is 1. The fourth-order valence-electron chi connectivity index (χ4n) is 2.60. The number of ether oxygens (including phenoxy) is 3. The SMILES string of the molecule is CCCC(=O)Oc1c(Br)cc(/C=C2\N=C(c3cccc(Br)c3)OC2=O)cc1OC. The molecule has 1 heterocycles. The third-order valence-electron chi connectivity index (χ3n) is 3.92. The summed E-state index contributed by atoms with van der Waals surface area (Å²) < 4.78 is 17.4. The van der Waals surface area contributed by atoms with Crippen LogP contribution in [0.1, 0.15) is 30.9 Å². The van der Waals surface area contributed by atoms with E-state index in [4.69, 9.17) is 14.2 Å². The number of rotatable bonds is 6. The van der Waals surface area contributed by atoms with E-state index in [9.17, 15) is 9.59 Å². The van der Waals surface area contributed by atoms with Crippen LogP contribution in [0.3, 0.4) is 0 Å². The van der Waals surface area contributed by atoms with Gasteiger partial charge >= 0.3 is 11.9 Å². The Hall–Kier alpha value is -2.45. The van der Waals surface area contributed by atoms with Crippen LogP contribution in [-0.2, 0) is 14.3 Å². The van der Waals surface area contributed by atoms with Crippen LogP contribution in [0.4, 0.5) is 0 Å². The van der Waals surface area contributed by atoms with E-state index in [1.807, 2.05) is 25.1 Å². The first kappa shape index (κ1) is 21.3. The van der Waals surface area contributed by atoms with Crippen molar-refractivity contribution in [2.24, 2.45) is 4.99 Å². The van der Waals surface area contributed by atoms with E-state index in [-0.39, 0.29) is 17.6 Å². The summed E-state index contributed by atoms with van der Waals surface area (Å²) in [4.78, 5) is 28.4. The molecule has 0 unspecified atom stereocenters. The zero-order valence-corrected chi connectivity index (χ0v) is 18.9. The fraction of sp³-hybridized carbons (Fsp3) is 0.190. The molecule has 0 aliphatic carbocycles. The molecule has 0 saturated heterocycles. The van der Waals surface area contributed by atoms with Crippen LogP contribution >= 0.6 is 31.9 Å². The van der Waals surface area contributed by atoms with Gasteiger partial charge < -0.3 is 14.2 Å². The Morgan fingerprint density at radius 2 is 2.03 bits per heavy atom. The lowest BCUT2D eigenvalue weighted by Crippen LogP contribution is -2.08. The molecule has 0 amide bonds. The van der Waals surface area contributed by atoms with Crippen LogP contribution < -0.4 is 9.47 Å². The van der Waals surface area contributed by atoms with Gasteiger partial charge in [-0.25, -0.2) is 9.79 Å². The summed E-state index contributed by atoms with van der Waals surface area (Å²) in [6.07, 6.45) is 2.57. The summed E-state index contributed by atoms with van der Waals surface area (Å²) in [7, 11) is 1.48. The molecule has 150 valence electrons. The van der Waals surface area contributed by atoms with Gasteiger partial charge in [0.1, 0.15) is 0 Å². The highest BCUT2D eigenvalue weighted by atomic mass is 79.9. The minimum Gasteiger partial charge on any atom is -0.493 e. The van der Waals surface area contributed by atoms with Gasteiger partial charge in [0, 0.05) is 16.5 Å². The van der Waals surface area contributed by atoms with Gasteiger partial charge in [-0.05, 0) is 64.3 Å². The van der Waals surface area contributed by atoms with E-state index >= 15 is 0 Å². The van der Waals surface area contributed by atoms with Crippen LogP contribution in [-0.4, -0.2) is 24.9 Å². The molecule has 2 aromatic rings. The predicted octanol–water partition coefficient (Wildman–Crippen LogP) is 5.27. The predicted molar refractivity (Wildman–Crippen MR) is 116 cm³/mol. The maximum atomic E-state index is 12.2. The van der Waals surface area contributed by atoms with Gasteiger partial charge in [0.25, 0.3) is 0 Å². The average molecular weight is 523 g/mol. The Balaban J connectivity index is 1.92. The highest BCUT2D eigenvalue weighted by molar-refractivity contribution is 9.10. The quantitative estimate of drug-likeness (QED) is 0.293. The normalized spacial score (nSPS) is 14.6. The minimum absolute atomic E-state index is 0.157. The molecule has 8 heteroatoms. The smallest absolute Gasteiger partial charge is 0.363 e. The van der Waals surface area contributed by atoms with Crippen LogP contribution in [0.25, 0.3) is 6.08 Å². The lowest BCUT2D eigenvalue weighted by Gasteiger charge is -2.12. The van der Waals surface area contributed by atoms with Crippen LogP contribution in [0.15, 0.2) is 56.0 Å². The lowest BCUT2D eigenvalue weighted by atomic mass is 10.1. The number of benzene rings is 2. The Labute approximate surface area is 184 Å². The van der Waals surface area contributed by atoms with Crippen molar-refractivity contribution in [1.29, 1.82) is 0 Å². The third-order valence-corrected chi connectivity index (χ3v) is 5.00. The molecule has 29 heavy (non-hydrogen) atoms. The number of halogens is 2. The second-order valence-electron chi connectivity index (χ2n) is 6.10. The first-order chi connectivity index (χ1) is 13.9. The summed E-state index contributed by atoms with van der Waals surface area (Å²) in [6.45, 7) is 1.90. The topological polar surface area (TPSA) is 74.2 Å². The monoisotopic (exact) mass is 521 g/mol. The number of esters is 2. The average Bonchev–Trinajstić information content (AvgIpc) is 3.04. The zero-order valence-electron chi connectivity index (χ0n) is 15.7. The number of cyclic esters (lactones) is 1. The van der Waals surface area contributed by atoms with Gasteiger partial charge in [0.05, 0.1) is 11.6 Å². The third kappa shape index (κ3) is 5.13. The van der Waals surface area contributed by atoms with E-state index in [0.29, 0.717) is 39.9 Å². The maximum absolute atomic E-state index is 12.2. The molecule has 0 spiro atoms. The van der Waals surface area contributed by atoms with Crippen LogP contribution in [0.5, 0.6) is 11.5 Å². The van der Waals surface area contributed by atoms with E-state index in [0.717, 1.165) is 4.47 Å².